The van der Waals surface area contributed by atoms with Crippen LogP contribution in [0.1, 0.15) is 11.3 Å². The van der Waals surface area contributed by atoms with E-state index in [1.165, 1.54) is 0 Å². The van der Waals surface area contributed by atoms with Gasteiger partial charge in [-0.2, -0.15) is 5.10 Å². The van der Waals surface area contributed by atoms with E-state index in [9.17, 15) is 0 Å². The zero-order valence-corrected chi connectivity index (χ0v) is 15.4. The lowest BCUT2D eigenvalue weighted by molar-refractivity contribution is 0.174. The topological polar surface area (TPSA) is 72.7 Å². The number of aliphatic imine (C=N–C) groups is 1. The van der Waals surface area contributed by atoms with Crippen LogP contribution in [0.5, 0.6) is 11.5 Å². The smallest absolute Gasteiger partial charge is 0.231 e. The predicted molar refractivity (Wildman–Crippen MR) is 98.2 cm³/mol. The molecule has 1 aliphatic heterocycles. The minimum atomic E-state index is 0. The van der Waals surface area contributed by atoms with E-state index in [1.807, 2.05) is 36.0 Å². The summed E-state index contributed by atoms with van der Waals surface area (Å²) in [5, 5.41) is 10.7. The molecule has 1 aromatic heterocycles. The summed E-state index contributed by atoms with van der Waals surface area (Å²) in [6.45, 7) is 1.61. The number of nitrogens with zero attached hydrogens (tertiary/aromatic N) is 3. The van der Waals surface area contributed by atoms with Crippen molar-refractivity contribution in [2.24, 2.45) is 12.0 Å². The Kier molecular flexibility index (Phi) is 6.08. The summed E-state index contributed by atoms with van der Waals surface area (Å²) in [7, 11) is 3.66. The van der Waals surface area contributed by atoms with Gasteiger partial charge < -0.3 is 20.1 Å². The molecule has 0 spiro atoms. The molecular weight excluding hydrogens is 409 g/mol. The average molecular weight is 429 g/mol. The van der Waals surface area contributed by atoms with Crippen molar-refractivity contribution in [2.45, 2.75) is 13.1 Å². The second kappa shape index (κ2) is 8.04. The van der Waals surface area contributed by atoms with Crippen molar-refractivity contribution in [1.29, 1.82) is 0 Å². The number of halogens is 1. The van der Waals surface area contributed by atoms with Gasteiger partial charge in [0.05, 0.1) is 12.2 Å². The Hall–Kier alpha value is -1.97. The Morgan fingerprint density at radius 1 is 1.22 bits per heavy atom. The van der Waals surface area contributed by atoms with Crippen molar-refractivity contribution < 1.29 is 9.47 Å². The van der Waals surface area contributed by atoms with Gasteiger partial charge in [0.15, 0.2) is 17.5 Å². The molecule has 1 aromatic carbocycles. The average Bonchev–Trinajstić information content (AvgIpc) is 3.15. The number of ether oxygens (including phenoxy) is 2. The maximum atomic E-state index is 5.38. The molecule has 2 heterocycles. The molecule has 124 valence electrons. The fourth-order valence-electron chi connectivity index (χ4n) is 2.21. The van der Waals surface area contributed by atoms with Gasteiger partial charge in [-0.15, -0.1) is 24.0 Å². The van der Waals surface area contributed by atoms with Crippen molar-refractivity contribution in [1.82, 2.24) is 20.4 Å². The van der Waals surface area contributed by atoms with Crippen LogP contribution in [0.2, 0.25) is 0 Å². The first-order valence-corrected chi connectivity index (χ1v) is 7.06. The molecule has 0 saturated carbocycles. The van der Waals surface area contributed by atoms with E-state index in [0.29, 0.717) is 19.9 Å². The first-order chi connectivity index (χ1) is 10.8. The monoisotopic (exact) mass is 429 g/mol. The van der Waals surface area contributed by atoms with E-state index in [1.54, 1.807) is 13.2 Å². The summed E-state index contributed by atoms with van der Waals surface area (Å²) in [5.41, 5.74) is 2.19. The maximum absolute atomic E-state index is 5.38. The molecule has 1 aliphatic rings. The standard InChI is InChI=1S/C15H19N5O2.HI/c1-16-15(18-9-12-5-6-19-20(12)2)17-8-11-3-4-13-14(7-11)22-10-21-13;/h3-7H,8-10H2,1-2H3,(H2,16,17,18);1H. The molecule has 0 saturated heterocycles. The fraction of sp³-hybridized carbons (Fsp3) is 0.333. The highest BCUT2D eigenvalue weighted by molar-refractivity contribution is 14.0. The number of hydrogen-bond acceptors (Lipinski definition) is 4. The first kappa shape index (κ1) is 17.4. The number of fused-ring (bicyclic) bond motifs is 1. The quantitative estimate of drug-likeness (QED) is 0.439. The van der Waals surface area contributed by atoms with Crippen LogP contribution in [0.4, 0.5) is 0 Å². The molecule has 8 heteroatoms. The van der Waals surface area contributed by atoms with Gasteiger partial charge in [0.25, 0.3) is 0 Å². The van der Waals surface area contributed by atoms with Gasteiger partial charge in [-0.3, -0.25) is 9.67 Å². The van der Waals surface area contributed by atoms with Gasteiger partial charge in [0, 0.05) is 26.8 Å². The minimum Gasteiger partial charge on any atom is -0.454 e. The summed E-state index contributed by atoms with van der Waals surface area (Å²) < 4.78 is 12.5. The van der Waals surface area contributed by atoms with Gasteiger partial charge in [-0.25, -0.2) is 0 Å². The third kappa shape index (κ3) is 4.27. The summed E-state index contributed by atoms with van der Waals surface area (Å²) >= 11 is 0. The van der Waals surface area contributed by atoms with E-state index in [0.717, 1.165) is 28.7 Å². The van der Waals surface area contributed by atoms with Gasteiger partial charge >= 0.3 is 0 Å². The molecule has 0 atom stereocenters. The highest BCUT2D eigenvalue weighted by atomic mass is 127. The lowest BCUT2D eigenvalue weighted by Gasteiger charge is -2.12. The summed E-state index contributed by atoms with van der Waals surface area (Å²) in [6.07, 6.45) is 1.78. The van der Waals surface area contributed by atoms with Crippen molar-refractivity contribution in [3.8, 4) is 11.5 Å². The van der Waals surface area contributed by atoms with Crippen LogP contribution in [0.3, 0.4) is 0 Å². The Morgan fingerprint density at radius 2 is 2.00 bits per heavy atom. The van der Waals surface area contributed by atoms with Crippen LogP contribution in [0, 0.1) is 0 Å². The SMILES string of the molecule is CN=C(NCc1ccc2c(c1)OCO2)NCc1ccnn1C.I. The number of rotatable bonds is 4. The number of hydrogen-bond donors (Lipinski definition) is 2. The summed E-state index contributed by atoms with van der Waals surface area (Å²) in [6, 6.07) is 7.88. The molecule has 3 rings (SSSR count). The lowest BCUT2D eigenvalue weighted by atomic mass is 10.2. The van der Waals surface area contributed by atoms with Crippen LogP contribution in [-0.4, -0.2) is 29.6 Å². The third-order valence-corrected chi connectivity index (χ3v) is 3.48. The van der Waals surface area contributed by atoms with E-state index in [4.69, 9.17) is 9.47 Å². The molecular formula is C15H20IN5O2. The predicted octanol–water partition coefficient (Wildman–Crippen LogP) is 1.63. The van der Waals surface area contributed by atoms with Crippen molar-refractivity contribution in [3.05, 3.63) is 41.7 Å². The van der Waals surface area contributed by atoms with Crippen molar-refractivity contribution >= 4 is 29.9 Å². The first-order valence-electron chi connectivity index (χ1n) is 7.06. The number of aromatic nitrogens is 2. The molecule has 0 unspecified atom stereocenters. The molecule has 0 fully saturated rings. The molecule has 23 heavy (non-hydrogen) atoms. The van der Waals surface area contributed by atoms with E-state index >= 15 is 0 Å². The van der Waals surface area contributed by atoms with Gasteiger partial charge in [-0.05, 0) is 23.8 Å². The van der Waals surface area contributed by atoms with E-state index < -0.39 is 0 Å². The molecule has 2 N–H and O–H groups in total. The van der Waals surface area contributed by atoms with Gasteiger partial charge in [0.2, 0.25) is 6.79 Å². The van der Waals surface area contributed by atoms with Crippen molar-refractivity contribution in [2.75, 3.05) is 13.8 Å². The molecule has 0 aliphatic carbocycles. The van der Waals surface area contributed by atoms with Crippen LogP contribution in [0.25, 0.3) is 0 Å². The number of aryl methyl sites for hydroxylation is 1. The Morgan fingerprint density at radius 3 is 2.74 bits per heavy atom. The third-order valence-electron chi connectivity index (χ3n) is 3.48. The normalized spacial score (nSPS) is 12.7. The highest BCUT2D eigenvalue weighted by Gasteiger charge is 2.13. The molecule has 0 amide bonds. The zero-order chi connectivity index (χ0) is 15.4. The molecule has 2 aromatic rings. The Balaban J connectivity index is 0.00000192. The number of nitrogens with one attached hydrogen (secondary N) is 2. The molecule has 0 bridgehead atoms. The van der Waals surface area contributed by atoms with Crippen LogP contribution in [0.15, 0.2) is 35.5 Å². The Bertz CT molecular complexity index is 686. The second-order valence-corrected chi connectivity index (χ2v) is 4.91. The zero-order valence-electron chi connectivity index (χ0n) is 13.1. The van der Waals surface area contributed by atoms with Crippen LogP contribution >= 0.6 is 24.0 Å². The van der Waals surface area contributed by atoms with Gasteiger partial charge in [0.1, 0.15) is 0 Å². The molecule has 0 radical (unpaired) electrons. The molecule has 7 nitrogen and oxygen atoms in total. The number of guanidine groups is 1. The highest BCUT2D eigenvalue weighted by Crippen LogP contribution is 2.32. The number of benzene rings is 1. The van der Waals surface area contributed by atoms with Crippen LogP contribution < -0.4 is 20.1 Å². The summed E-state index contributed by atoms with van der Waals surface area (Å²) in [5.74, 6) is 2.32. The van der Waals surface area contributed by atoms with E-state index in [-0.39, 0.29) is 24.0 Å². The van der Waals surface area contributed by atoms with Crippen molar-refractivity contribution in [3.63, 3.8) is 0 Å². The minimum absolute atomic E-state index is 0. The lowest BCUT2D eigenvalue weighted by Crippen LogP contribution is -2.36. The largest absolute Gasteiger partial charge is 0.454 e. The van der Waals surface area contributed by atoms with Crippen LogP contribution in [-0.2, 0) is 20.1 Å². The van der Waals surface area contributed by atoms with Gasteiger partial charge in [-0.1, -0.05) is 6.07 Å². The second-order valence-electron chi connectivity index (χ2n) is 4.91. The Labute approximate surface area is 152 Å². The maximum Gasteiger partial charge on any atom is 0.231 e. The van der Waals surface area contributed by atoms with E-state index in [2.05, 4.69) is 20.7 Å². The summed E-state index contributed by atoms with van der Waals surface area (Å²) in [4.78, 5) is 4.21. The fourth-order valence-corrected chi connectivity index (χ4v) is 2.21.